The monoisotopic (exact) mass is 494 g/mol. The van der Waals surface area contributed by atoms with Gasteiger partial charge in [-0.15, -0.1) is 0 Å². The van der Waals surface area contributed by atoms with Gasteiger partial charge in [0.25, 0.3) is 5.91 Å². The van der Waals surface area contributed by atoms with Crippen molar-refractivity contribution in [3.05, 3.63) is 53.6 Å². The van der Waals surface area contributed by atoms with Gasteiger partial charge in [0.1, 0.15) is 11.9 Å². The predicted molar refractivity (Wildman–Crippen MR) is 139 cm³/mol. The number of ether oxygens (including phenoxy) is 2. The van der Waals surface area contributed by atoms with Crippen LogP contribution in [0, 0.1) is 5.92 Å². The summed E-state index contributed by atoms with van der Waals surface area (Å²) in [4.78, 5) is 36.7. The first-order chi connectivity index (χ1) is 16.9. The van der Waals surface area contributed by atoms with Crippen molar-refractivity contribution in [2.75, 3.05) is 26.5 Å². The molecular formula is C26H30N4O4S. The van der Waals surface area contributed by atoms with E-state index < -0.39 is 6.04 Å². The summed E-state index contributed by atoms with van der Waals surface area (Å²) < 4.78 is 10.6. The fourth-order valence-corrected chi connectivity index (χ4v) is 4.89. The molecule has 0 spiro atoms. The highest BCUT2D eigenvalue weighted by atomic mass is 32.2. The van der Waals surface area contributed by atoms with Crippen LogP contribution in [-0.4, -0.2) is 60.3 Å². The van der Waals surface area contributed by atoms with E-state index in [4.69, 9.17) is 14.5 Å². The van der Waals surface area contributed by atoms with E-state index in [1.165, 1.54) is 11.8 Å². The Morgan fingerprint density at radius 2 is 1.91 bits per heavy atom. The lowest BCUT2D eigenvalue weighted by atomic mass is 10.0. The Labute approximate surface area is 209 Å². The minimum absolute atomic E-state index is 0.0803. The largest absolute Gasteiger partial charge is 0.493 e. The molecule has 2 aliphatic rings. The lowest BCUT2D eigenvalue weighted by molar-refractivity contribution is -0.125. The molecule has 4 rings (SSSR count). The van der Waals surface area contributed by atoms with Gasteiger partial charge in [0, 0.05) is 12.1 Å². The summed E-state index contributed by atoms with van der Waals surface area (Å²) in [5.41, 5.74) is 2.64. The SMILES string of the molecule is COc1ccc(CCNC(=O)CSC2=Nc3ccccc3C3=N[C@@H](CC(C)C)C(=O)N23)cc1OC. The summed E-state index contributed by atoms with van der Waals surface area (Å²) in [5.74, 6) is 2.24. The van der Waals surface area contributed by atoms with Crippen molar-refractivity contribution in [1.29, 1.82) is 0 Å². The summed E-state index contributed by atoms with van der Waals surface area (Å²) in [7, 11) is 3.19. The molecule has 184 valence electrons. The number of carbonyl (C=O) groups excluding carboxylic acids is 2. The number of aliphatic imine (C=N–C) groups is 2. The van der Waals surface area contributed by atoms with Crippen LogP contribution in [-0.2, 0) is 16.0 Å². The van der Waals surface area contributed by atoms with Crippen LogP contribution in [0.15, 0.2) is 52.4 Å². The first-order valence-corrected chi connectivity index (χ1v) is 12.6. The highest BCUT2D eigenvalue weighted by molar-refractivity contribution is 8.14. The predicted octanol–water partition coefficient (Wildman–Crippen LogP) is 3.80. The number of hydrogen-bond donors (Lipinski definition) is 1. The molecule has 2 aromatic carbocycles. The number of thioether (sulfide) groups is 1. The molecule has 0 radical (unpaired) electrons. The third kappa shape index (κ3) is 5.51. The van der Waals surface area contributed by atoms with Crippen LogP contribution in [0.2, 0.25) is 0 Å². The number of benzene rings is 2. The van der Waals surface area contributed by atoms with Crippen molar-refractivity contribution in [3.63, 3.8) is 0 Å². The number of rotatable bonds is 9. The van der Waals surface area contributed by atoms with Crippen LogP contribution >= 0.6 is 11.8 Å². The number of methoxy groups -OCH3 is 2. The summed E-state index contributed by atoms with van der Waals surface area (Å²) in [6.45, 7) is 4.64. The first kappa shape index (κ1) is 24.8. The van der Waals surface area contributed by atoms with Gasteiger partial charge < -0.3 is 14.8 Å². The quantitative estimate of drug-likeness (QED) is 0.572. The van der Waals surface area contributed by atoms with E-state index in [9.17, 15) is 9.59 Å². The Balaban J connectivity index is 1.38. The maximum absolute atomic E-state index is 13.2. The maximum atomic E-state index is 13.2. The number of nitrogens with zero attached hydrogens (tertiary/aromatic N) is 3. The zero-order chi connectivity index (χ0) is 24.9. The standard InChI is InChI=1S/C26H30N4O4S/c1-16(2)13-20-25(32)30-24(28-20)18-7-5-6-8-19(18)29-26(30)35-15-23(31)27-12-11-17-9-10-21(33-3)22(14-17)34-4/h5-10,14,16,20H,11-13,15H2,1-4H3,(H,27,31)/t20-/m0/s1. The Morgan fingerprint density at radius 1 is 1.14 bits per heavy atom. The van der Waals surface area contributed by atoms with Crippen LogP contribution in [0.1, 0.15) is 31.4 Å². The lowest BCUT2D eigenvalue weighted by Gasteiger charge is -2.25. The van der Waals surface area contributed by atoms with E-state index in [0.717, 1.165) is 16.8 Å². The molecule has 0 aliphatic carbocycles. The highest BCUT2D eigenvalue weighted by Crippen LogP contribution is 2.34. The third-order valence-electron chi connectivity index (χ3n) is 5.76. The molecule has 1 N–H and O–H groups in total. The molecule has 0 saturated heterocycles. The van der Waals surface area contributed by atoms with E-state index in [2.05, 4.69) is 24.2 Å². The number of carbonyl (C=O) groups is 2. The molecule has 2 amide bonds. The summed E-state index contributed by atoms with van der Waals surface area (Å²) >= 11 is 1.25. The van der Waals surface area contributed by atoms with Crippen LogP contribution in [0.3, 0.4) is 0 Å². The van der Waals surface area contributed by atoms with Gasteiger partial charge in [0.2, 0.25) is 5.91 Å². The van der Waals surface area contributed by atoms with Gasteiger partial charge >= 0.3 is 0 Å². The second kappa shape index (κ2) is 10.9. The minimum atomic E-state index is -0.419. The van der Waals surface area contributed by atoms with Crippen molar-refractivity contribution in [2.45, 2.75) is 32.7 Å². The van der Waals surface area contributed by atoms with E-state index >= 15 is 0 Å². The van der Waals surface area contributed by atoms with Crippen LogP contribution in [0.5, 0.6) is 11.5 Å². The van der Waals surface area contributed by atoms with E-state index in [1.807, 2.05) is 42.5 Å². The number of fused-ring (bicyclic) bond motifs is 3. The van der Waals surface area contributed by atoms with Gasteiger partial charge in [-0.25, -0.2) is 9.89 Å². The van der Waals surface area contributed by atoms with Crippen molar-refractivity contribution < 1.29 is 19.1 Å². The first-order valence-electron chi connectivity index (χ1n) is 11.6. The van der Waals surface area contributed by atoms with Crippen LogP contribution in [0.25, 0.3) is 0 Å². The van der Waals surface area contributed by atoms with Gasteiger partial charge in [-0.3, -0.25) is 14.6 Å². The van der Waals surface area contributed by atoms with Crippen molar-refractivity contribution in [3.8, 4) is 11.5 Å². The average molecular weight is 495 g/mol. The van der Waals surface area contributed by atoms with Crippen LogP contribution in [0.4, 0.5) is 5.69 Å². The molecule has 0 unspecified atom stereocenters. The van der Waals surface area contributed by atoms with Crippen molar-refractivity contribution in [2.24, 2.45) is 15.9 Å². The molecule has 35 heavy (non-hydrogen) atoms. The Hall–Kier alpha value is -3.33. The van der Waals surface area contributed by atoms with E-state index in [0.29, 0.717) is 47.8 Å². The Kier molecular flexibility index (Phi) is 7.75. The molecule has 9 heteroatoms. The number of hydrogen-bond acceptors (Lipinski definition) is 7. The number of amides is 2. The lowest BCUT2D eigenvalue weighted by Crippen LogP contribution is -2.42. The topological polar surface area (TPSA) is 92.6 Å². The van der Waals surface area contributed by atoms with E-state index in [1.54, 1.807) is 19.1 Å². The normalized spacial score (nSPS) is 16.4. The molecule has 2 heterocycles. The number of para-hydroxylation sites is 1. The van der Waals surface area contributed by atoms with Crippen LogP contribution < -0.4 is 14.8 Å². The van der Waals surface area contributed by atoms with Gasteiger partial charge in [0.05, 0.1) is 25.7 Å². The average Bonchev–Trinajstić information content (AvgIpc) is 3.18. The third-order valence-corrected chi connectivity index (χ3v) is 6.70. The second-order valence-corrected chi connectivity index (χ2v) is 9.70. The van der Waals surface area contributed by atoms with Crippen molar-refractivity contribution >= 4 is 40.3 Å². The molecule has 0 fully saturated rings. The van der Waals surface area contributed by atoms with E-state index in [-0.39, 0.29) is 17.6 Å². The van der Waals surface area contributed by atoms with Gasteiger partial charge in [0.15, 0.2) is 16.7 Å². The van der Waals surface area contributed by atoms with Gasteiger partial charge in [-0.1, -0.05) is 43.8 Å². The molecular weight excluding hydrogens is 464 g/mol. The highest BCUT2D eigenvalue weighted by Gasteiger charge is 2.41. The Morgan fingerprint density at radius 3 is 2.66 bits per heavy atom. The molecule has 0 bridgehead atoms. The number of nitrogens with one attached hydrogen (secondary N) is 1. The smallest absolute Gasteiger partial charge is 0.259 e. The molecule has 1 atom stereocenters. The van der Waals surface area contributed by atoms with Gasteiger partial charge in [-0.05, 0) is 48.6 Å². The molecule has 8 nitrogen and oxygen atoms in total. The molecule has 0 aromatic heterocycles. The minimum Gasteiger partial charge on any atom is -0.493 e. The summed E-state index contributed by atoms with van der Waals surface area (Å²) in [6.07, 6.45) is 1.33. The molecule has 2 aromatic rings. The van der Waals surface area contributed by atoms with Crippen molar-refractivity contribution in [1.82, 2.24) is 10.2 Å². The molecule has 0 saturated carbocycles. The zero-order valence-electron chi connectivity index (χ0n) is 20.4. The van der Waals surface area contributed by atoms with Gasteiger partial charge in [-0.2, -0.15) is 0 Å². The molecule has 2 aliphatic heterocycles. The summed E-state index contributed by atoms with van der Waals surface area (Å²) in [6, 6.07) is 12.9. The summed E-state index contributed by atoms with van der Waals surface area (Å²) in [5, 5.41) is 3.44. The zero-order valence-corrected chi connectivity index (χ0v) is 21.2. The fraction of sp³-hybridized carbons (Fsp3) is 0.385. The maximum Gasteiger partial charge on any atom is 0.259 e. The Bertz CT molecular complexity index is 1180. The number of amidine groups is 2. The second-order valence-electron chi connectivity index (χ2n) is 8.76. The fourth-order valence-electron chi connectivity index (χ4n) is 4.06.